The number of amides is 1. The predicted octanol–water partition coefficient (Wildman–Crippen LogP) is 3.66. The van der Waals surface area contributed by atoms with Gasteiger partial charge in [-0.15, -0.1) is 16.8 Å². The van der Waals surface area contributed by atoms with E-state index in [1.807, 2.05) is 65.2 Å². The zero-order valence-electron chi connectivity index (χ0n) is 18.4. The third-order valence-electron chi connectivity index (χ3n) is 5.21. The number of anilines is 1. The second kappa shape index (κ2) is 9.74. The topological polar surface area (TPSA) is 86.7 Å². The molecule has 4 aromatic rings. The first-order valence-corrected chi connectivity index (χ1v) is 11.4. The SMILES string of the molecule is C=CCn1c(SCC(=O)Nc2c(C)n(C)n(-c3ccccc3)c2=O)nnc1-c1ccccc1. The lowest BCUT2D eigenvalue weighted by Crippen LogP contribution is -2.23. The Bertz CT molecular complexity index is 1340. The number of nitrogens with zero attached hydrogens (tertiary/aromatic N) is 5. The molecule has 0 unspecified atom stereocenters. The maximum absolute atomic E-state index is 13.0. The second-order valence-electron chi connectivity index (χ2n) is 7.34. The quantitative estimate of drug-likeness (QED) is 0.320. The summed E-state index contributed by atoms with van der Waals surface area (Å²) < 4.78 is 5.18. The van der Waals surface area contributed by atoms with E-state index >= 15 is 0 Å². The minimum Gasteiger partial charge on any atom is -0.319 e. The fraction of sp³-hybridized carbons (Fsp3) is 0.167. The van der Waals surface area contributed by atoms with Crippen LogP contribution in [0.4, 0.5) is 5.69 Å². The molecule has 0 radical (unpaired) electrons. The van der Waals surface area contributed by atoms with Gasteiger partial charge in [-0.3, -0.25) is 18.8 Å². The van der Waals surface area contributed by atoms with Gasteiger partial charge in [0.25, 0.3) is 5.56 Å². The molecule has 0 bridgehead atoms. The molecule has 0 atom stereocenters. The van der Waals surface area contributed by atoms with Crippen LogP contribution in [-0.4, -0.2) is 35.8 Å². The van der Waals surface area contributed by atoms with E-state index in [4.69, 9.17) is 0 Å². The summed E-state index contributed by atoms with van der Waals surface area (Å²) in [6, 6.07) is 19.0. The summed E-state index contributed by atoms with van der Waals surface area (Å²) in [5, 5.41) is 11.9. The Kier molecular flexibility index (Phi) is 6.60. The van der Waals surface area contributed by atoms with Crippen LogP contribution in [0.25, 0.3) is 17.1 Å². The minimum absolute atomic E-state index is 0.0865. The first-order valence-electron chi connectivity index (χ1n) is 10.4. The number of carbonyl (C=O) groups excluding carboxylic acids is 1. The molecular weight excluding hydrogens is 436 g/mol. The Balaban J connectivity index is 1.52. The molecule has 0 aliphatic heterocycles. The molecule has 4 rings (SSSR count). The van der Waals surface area contributed by atoms with E-state index < -0.39 is 0 Å². The number of hydrogen-bond donors (Lipinski definition) is 1. The van der Waals surface area contributed by atoms with Gasteiger partial charge in [-0.25, -0.2) is 4.68 Å². The number of para-hydroxylation sites is 1. The average molecular weight is 461 g/mol. The fourth-order valence-corrected chi connectivity index (χ4v) is 4.26. The van der Waals surface area contributed by atoms with Crippen LogP contribution >= 0.6 is 11.8 Å². The molecule has 33 heavy (non-hydrogen) atoms. The van der Waals surface area contributed by atoms with Crippen molar-refractivity contribution in [1.82, 2.24) is 24.1 Å². The van der Waals surface area contributed by atoms with Gasteiger partial charge in [-0.1, -0.05) is 66.4 Å². The van der Waals surface area contributed by atoms with Crippen molar-refractivity contribution in [2.24, 2.45) is 7.05 Å². The lowest BCUT2D eigenvalue weighted by Gasteiger charge is -2.08. The largest absolute Gasteiger partial charge is 0.319 e. The zero-order valence-corrected chi connectivity index (χ0v) is 19.2. The third-order valence-corrected chi connectivity index (χ3v) is 6.18. The Morgan fingerprint density at radius 2 is 1.76 bits per heavy atom. The summed E-state index contributed by atoms with van der Waals surface area (Å²) >= 11 is 1.26. The highest BCUT2D eigenvalue weighted by Gasteiger charge is 2.19. The molecular formula is C24H24N6O2S. The number of thioether (sulfide) groups is 1. The first kappa shape index (κ1) is 22.3. The predicted molar refractivity (Wildman–Crippen MR) is 131 cm³/mol. The van der Waals surface area contributed by atoms with Crippen LogP contribution in [-0.2, 0) is 18.4 Å². The Morgan fingerprint density at radius 3 is 2.42 bits per heavy atom. The van der Waals surface area contributed by atoms with Gasteiger partial charge in [-0.2, -0.15) is 0 Å². The van der Waals surface area contributed by atoms with Crippen molar-refractivity contribution >= 4 is 23.4 Å². The van der Waals surface area contributed by atoms with Gasteiger partial charge in [0, 0.05) is 19.2 Å². The standard InChI is InChI=1S/C24H24N6O2S/c1-4-15-29-22(18-11-7-5-8-12-18)26-27-24(29)33-16-20(31)25-21-17(2)28(3)30(23(21)32)19-13-9-6-10-14-19/h4-14H,1,15-16H2,2-3H3,(H,25,31). The molecule has 1 amide bonds. The smallest absolute Gasteiger partial charge is 0.295 e. The van der Waals surface area contributed by atoms with Crippen LogP contribution in [0.5, 0.6) is 0 Å². The molecule has 9 heteroatoms. The number of allylic oxidation sites excluding steroid dienone is 1. The van der Waals surface area contributed by atoms with Crippen LogP contribution in [0, 0.1) is 6.92 Å². The minimum atomic E-state index is -0.291. The number of carbonyl (C=O) groups is 1. The van der Waals surface area contributed by atoms with E-state index in [2.05, 4.69) is 22.1 Å². The number of nitrogens with one attached hydrogen (secondary N) is 1. The van der Waals surface area contributed by atoms with E-state index in [9.17, 15) is 9.59 Å². The van der Waals surface area contributed by atoms with Gasteiger partial charge in [0.2, 0.25) is 5.91 Å². The summed E-state index contributed by atoms with van der Waals surface area (Å²) in [5.74, 6) is 0.506. The number of rotatable bonds is 8. The van der Waals surface area contributed by atoms with Gasteiger partial charge in [0.1, 0.15) is 5.69 Å². The first-order chi connectivity index (χ1) is 16.0. The molecule has 0 saturated heterocycles. The van der Waals surface area contributed by atoms with Crippen molar-refractivity contribution in [3.63, 3.8) is 0 Å². The molecule has 2 heterocycles. The summed E-state index contributed by atoms with van der Waals surface area (Å²) in [6.45, 7) is 6.13. The molecule has 2 aromatic heterocycles. The van der Waals surface area contributed by atoms with E-state index in [1.54, 1.807) is 24.7 Å². The van der Waals surface area contributed by atoms with Gasteiger partial charge in [0.05, 0.1) is 17.1 Å². The van der Waals surface area contributed by atoms with Crippen LogP contribution in [0.2, 0.25) is 0 Å². The van der Waals surface area contributed by atoms with E-state index in [0.717, 1.165) is 11.3 Å². The highest BCUT2D eigenvalue weighted by Crippen LogP contribution is 2.24. The normalized spacial score (nSPS) is 10.8. The van der Waals surface area contributed by atoms with Crippen molar-refractivity contribution in [3.05, 3.63) is 89.4 Å². The zero-order chi connectivity index (χ0) is 23.4. The molecule has 0 aliphatic carbocycles. The van der Waals surface area contributed by atoms with Crippen molar-refractivity contribution in [1.29, 1.82) is 0 Å². The molecule has 8 nitrogen and oxygen atoms in total. The van der Waals surface area contributed by atoms with E-state index in [-0.39, 0.29) is 22.9 Å². The number of hydrogen-bond acceptors (Lipinski definition) is 5. The van der Waals surface area contributed by atoms with Gasteiger partial charge < -0.3 is 5.32 Å². The summed E-state index contributed by atoms with van der Waals surface area (Å²) in [4.78, 5) is 25.7. The van der Waals surface area contributed by atoms with Crippen LogP contribution in [0.3, 0.4) is 0 Å². The lowest BCUT2D eigenvalue weighted by atomic mass is 10.2. The molecule has 1 N–H and O–H groups in total. The Morgan fingerprint density at radius 1 is 1.09 bits per heavy atom. The third kappa shape index (κ3) is 4.54. The van der Waals surface area contributed by atoms with Gasteiger partial charge >= 0.3 is 0 Å². The monoisotopic (exact) mass is 460 g/mol. The van der Waals surface area contributed by atoms with Gasteiger partial charge in [0.15, 0.2) is 11.0 Å². The lowest BCUT2D eigenvalue weighted by molar-refractivity contribution is -0.113. The van der Waals surface area contributed by atoms with Crippen molar-refractivity contribution in [3.8, 4) is 17.1 Å². The van der Waals surface area contributed by atoms with Crippen molar-refractivity contribution in [2.45, 2.75) is 18.6 Å². The molecule has 0 fully saturated rings. The molecule has 168 valence electrons. The van der Waals surface area contributed by atoms with Gasteiger partial charge in [-0.05, 0) is 19.1 Å². The van der Waals surface area contributed by atoms with Crippen LogP contribution in [0.15, 0.2) is 83.3 Å². The maximum atomic E-state index is 13.0. The highest BCUT2D eigenvalue weighted by atomic mass is 32.2. The fourth-order valence-electron chi connectivity index (χ4n) is 3.51. The summed E-state index contributed by atoms with van der Waals surface area (Å²) in [7, 11) is 1.79. The number of aromatic nitrogens is 5. The second-order valence-corrected chi connectivity index (χ2v) is 8.29. The maximum Gasteiger partial charge on any atom is 0.295 e. The highest BCUT2D eigenvalue weighted by molar-refractivity contribution is 7.99. The summed E-state index contributed by atoms with van der Waals surface area (Å²) in [5.41, 5.74) is 2.33. The molecule has 0 spiro atoms. The van der Waals surface area contributed by atoms with Crippen LogP contribution < -0.4 is 10.9 Å². The van der Waals surface area contributed by atoms with E-state index in [1.165, 1.54) is 16.4 Å². The van der Waals surface area contributed by atoms with Crippen LogP contribution in [0.1, 0.15) is 5.69 Å². The van der Waals surface area contributed by atoms with Crippen molar-refractivity contribution in [2.75, 3.05) is 11.1 Å². The van der Waals surface area contributed by atoms with Crippen molar-refractivity contribution < 1.29 is 4.79 Å². The Labute approximate surface area is 195 Å². The molecule has 2 aromatic carbocycles. The Hall–Kier alpha value is -3.85. The molecule has 0 aliphatic rings. The average Bonchev–Trinajstić information content (AvgIpc) is 3.33. The van der Waals surface area contributed by atoms with E-state index in [0.29, 0.717) is 23.2 Å². The number of benzene rings is 2. The summed E-state index contributed by atoms with van der Waals surface area (Å²) in [6.07, 6.45) is 1.76. The molecule has 0 saturated carbocycles.